The Balaban J connectivity index is 1.86. The van der Waals surface area contributed by atoms with Crippen molar-refractivity contribution >= 4 is 43.9 Å². The fraction of sp³-hybridized carbons (Fsp3) is 0.100. The molecule has 0 atom stereocenters. The van der Waals surface area contributed by atoms with Gasteiger partial charge in [-0.05, 0) is 49.0 Å². The van der Waals surface area contributed by atoms with Crippen LogP contribution in [0.15, 0.2) is 72.1 Å². The van der Waals surface area contributed by atoms with Gasteiger partial charge in [0.05, 0.1) is 11.2 Å². The topological polar surface area (TPSA) is 88.9 Å². The van der Waals surface area contributed by atoms with Crippen LogP contribution in [0.4, 0.5) is 11.4 Å². The summed E-state index contributed by atoms with van der Waals surface area (Å²) in [5.41, 5.74) is 2.77. The predicted octanol–water partition coefficient (Wildman–Crippen LogP) is 3.78. The summed E-state index contributed by atoms with van der Waals surface area (Å²) >= 11 is 6.13. The van der Waals surface area contributed by atoms with Gasteiger partial charge in [0.15, 0.2) is 5.15 Å². The minimum atomic E-state index is -3.80. The van der Waals surface area contributed by atoms with Crippen LogP contribution in [0.5, 0.6) is 0 Å². The molecule has 148 valence electrons. The third-order valence-corrected chi connectivity index (χ3v) is 6.41. The zero-order chi connectivity index (χ0) is 20.4. The number of aromatic nitrogens is 3. The number of nitrogens with one attached hydrogen (secondary N) is 2. The Morgan fingerprint density at radius 2 is 1.97 bits per heavy atom. The molecule has 4 rings (SSSR count). The minimum absolute atomic E-state index is 0.126. The quantitative estimate of drug-likeness (QED) is 0.455. The fourth-order valence-electron chi connectivity index (χ4n) is 3.12. The lowest BCUT2D eigenvalue weighted by Gasteiger charge is -2.10. The highest BCUT2D eigenvalue weighted by atomic mass is 35.5. The van der Waals surface area contributed by atoms with Crippen LogP contribution < -0.4 is 10.6 Å². The molecule has 7 nitrogen and oxygen atoms in total. The fourth-order valence-corrected chi connectivity index (χ4v) is 4.64. The van der Waals surface area contributed by atoms with Crippen molar-refractivity contribution in [3.8, 4) is 0 Å². The van der Waals surface area contributed by atoms with Crippen molar-refractivity contribution in [1.29, 1.82) is 0 Å². The Labute approximate surface area is 173 Å². The lowest BCUT2D eigenvalue weighted by atomic mass is 10.1. The van der Waals surface area contributed by atoms with Gasteiger partial charge in [-0.15, -0.1) is 0 Å². The van der Waals surface area contributed by atoms with E-state index >= 15 is 0 Å². The average molecular weight is 428 g/mol. The van der Waals surface area contributed by atoms with Crippen LogP contribution in [0.1, 0.15) is 5.56 Å². The molecule has 0 saturated heterocycles. The third-order valence-electron chi connectivity index (χ3n) is 4.45. The van der Waals surface area contributed by atoms with Gasteiger partial charge in [0, 0.05) is 42.4 Å². The van der Waals surface area contributed by atoms with Crippen LogP contribution in [0.3, 0.4) is 0 Å². The SMILES string of the molecule is CNCc1cn(S(=O)(=O)c2cccnc2)c2cc(Nc3cccnc3Cl)ccc12. The molecule has 0 spiro atoms. The maximum absolute atomic E-state index is 13.2. The van der Waals surface area contributed by atoms with Gasteiger partial charge in [-0.2, -0.15) is 0 Å². The summed E-state index contributed by atoms with van der Waals surface area (Å²) < 4.78 is 27.8. The highest BCUT2D eigenvalue weighted by Crippen LogP contribution is 2.30. The number of pyridine rings is 2. The summed E-state index contributed by atoms with van der Waals surface area (Å²) in [6.07, 6.45) is 6.13. The monoisotopic (exact) mass is 427 g/mol. The molecule has 29 heavy (non-hydrogen) atoms. The first-order valence-corrected chi connectivity index (χ1v) is 10.6. The van der Waals surface area contributed by atoms with Gasteiger partial charge in [0.1, 0.15) is 4.90 Å². The second-order valence-corrected chi connectivity index (χ2v) is 8.55. The maximum Gasteiger partial charge on any atom is 0.269 e. The highest BCUT2D eigenvalue weighted by Gasteiger charge is 2.21. The molecule has 0 aliphatic carbocycles. The molecule has 2 N–H and O–H groups in total. The number of hydrogen-bond acceptors (Lipinski definition) is 6. The van der Waals surface area contributed by atoms with Gasteiger partial charge in [-0.3, -0.25) is 4.98 Å². The second-order valence-electron chi connectivity index (χ2n) is 6.37. The maximum atomic E-state index is 13.2. The van der Waals surface area contributed by atoms with E-state index in [0.717, 1.165) is 10.9 Å². The molecule has 0 aliphatic heterocycles. The van der Waals surface area contributed by atoms with Crippen molar-refractivity contribution < 1.29 is 8.42 Å². The summed E-state index contributed by atoms with van der Waals surface area (Å²) in [5.74, 6) is 0. The molecule has 3 aromatic heterocycles. The molecule has 3 heterocycles. The average Bonchev–Trinajstić information content (AvgIpc) is 3.09. The lowest BCUT2D eigenvalue weighted by molar-refractivity contribution is 0.588. The molecule has 0 radical (unpaired) electrons. The van der Waals surface area contributed by atoms with Gasteiger partial charge in [-0.1, -0.05) is 17.7 Å². The molecule has 0 saturated carbocycles. The van der Waals surface area contributed by atoms with E-state index in [0.29, 0.717) is 28.6 Å². The zero-order valence-corrected chi connectivity index (χ0v) is 17.1. The van der Waals surface area contributed by atoms with Crippen LogP contribution in [-0.2, 0) is 16.6 Å². The normalized spacial score (nSPS) is 11.7. The zero-order valence-electron chi connectivity index (χ0n) is 15.5. The van der Waals surface area contributed by atoms with Gasteiger partial charge in [-0.25, -0.2) is 17.4 Å². The molecule has 0 fully saturated rings. The predicted molar refractivity (Wildman–Crippen MR) is 114 cm³/mol. The lowest BCUT2D eigenvalue weighted by Crippen LogP contribution is -2.12. The van der Waals surface area contributed by atoms with Gasteiger partial charge in [0.25, 0.3) is 10.0 Å². The van der Waals surface area contributed by atoms with Crippen LogP contribution in [-0.4, -0.2) is 29.4 Å². The number of nitrogens with zero attached hydrogens (tertiary/aromatic N) is 3. The van der Waals surface area contributed by atoms with Gasteiger partial charge in [0.2, 0.25) is 0 Å². The molecule has 1 aromatic carbocycles. The van der Waals surface area contributed by atoms with Crippen molar-refractivity contribution in [2.75, 3.05) is 12.4 Å². The van der Waals surface area contributed by atoms with Crippen molar-refractivity contribution in [2.45, 2.75) is 11.4 Å². The molecule has 0 aliphatic rings. The first-order chi connectivity index (χ1) is 14.0. The number of hydrogen-bond donors (Lipinski definition) is 2. The van der Waals surface area contributed by atoms with E-state index in [1.165, 1.54) is 16.2 Å². The van der Waals surface area contributed by atoms with E-state index in [-0.39, 0.29) is 4.90 Å². The Kier molecular flexibility index (Phi) is 5.23. The molecule has 0 unspecified atom stereocenters. The molecule has 4 aromatic rings. The van der Waals surface area contributed by atoms with E-state index in [4.69, 9.17) is 11.6 Å². The Morgan fingerprint density at radius 3 is 2.69 bits per heavy atom. The number of benzene rings is 1. The first-order valence-electron chi connectivity index (χ1n) is 8.82. The minimum Gasteiger partial charge on any atom is -0.353 e. The van der Waals surface area contributed by atoms with Gasteiger partial charge >= 0.3 is 0 Å². The van der Waals surface area contributed by atoms with E-state index in [1.807, 2.05) is 19.2 Å². The Bertz CT molecular complexity index is 1270. The summed E-state index contributed by atoms with van der Waals surface area (Å²) in [5, 5.41) is 7.45. The van der Waals surface area contributed by atoms with Crippen molar-refractivity contribution in [3.05, 3.63) is 78.0 Å². The molecule has 0 amide bonds. The van der Waals surface area contributed by atoms with Crippen molar-refractivity contribution in [2.24, 2.45) is 0 Å². The Hall–Kier alpha value is -2.94. The van der Waals surface area contributed by atoms with E-state index in [9.17, 15) is 8.42 Å². The number of fused-ring (bicyclic) bond motifs is 1. The summed E-state index contributed by atoms with van der Waals surface area (Å²) in [6, 6.07) is 12.3. The largest absolute Gasteiger partial charge is 0.353 e. The van der Waals surface area contributed by atoms with Crippen LogP contribution >= 0.6 is 11.6 Å². The van der Waals surface area contributed by atoms with Crippen LogP contribution in [0.25, 0.3) is 10.9 Å². The van der Waals surface area contributed by atoms with E-state index < -0.39 is 10.0 Å². The standard InChI is InChI=1S/C20H18ClN5O2S/c1-22-11-14-13-26(29(27,28)16-4-2-8-23-12-16)19-10-15(6-7-17(14)19)25-18-5-3-9-24-20(18)21/h2-10,12-13,22,25H,11H2,1H3. The smallest absolute Gasteiger partial charge is 0.269 e. The number of anilines is 2. The number of rotatable bonds is 6. The van der Waals surface area contributed by atoms with Crippen molar-refractivity contribution in [1.82, 2.24) is 19.3 Å². The molecular formula is C20H18ClN5O2S. The highest BCUT2D eigenvalue weighted by molar-refractivity contribution is 7.90. The second kappa shape index (κ2) is 7.82. The van der Waals surface area contributed by atoms with Crippen LogP contribution in [0, 0.1) is 0 Å². The number of halogens is 1. The summed E-state index contributed by atoms with van der Waals surface area (Å²) in [7, 11) is -1.98. The first kappa shape index (κ1) is 19.4. The molecule has 9 heteroatoms. The molecular weight excluding hydrogens is 410 g/mol. The summed E-state index contributed by atoms with van der Waals surface area (Å²) in [6.45, 7) is 0.535. The Morgan fingerprint density at radius 1 is 1.14 bits per heavy atom. The van der Waals surface area contributed by atoms with E-state index in [2.05, 4.69) is 20.6 Å². The van der Waals surface area contributed by atoms with Crippen molar-refractivity contribution in [3.63, 3.8) is 0 Å². The van der Waals surface area contributed by atoms with Crippen LogP contribution in [0.2, 0.25) is 5.15 Å². The van der Waals surface area contributed by atoms with Gasteiger partial charge < -0.3 is 10.6 Å². The third kappa shape index (κ3) is 3.69. The summed E-state index contributed by atoms with van der Waals surface area (Å²) in [4.78, 5) is 8.12. The molecule has 0 bridgehead atoms. The van der Waals surface area contributed by atoms with E-state index in [1.54, 1.807) is 42.9 Å².